The molecule has 0 heterocycles. The fourth-order valence-corrected chi connectivity index (χ4v) is 1.37. The molecule has 0 aliphatic rings. The van der Waals surface area contributed by atoms with Crippen molar-refractivity contribution < 1.29 is 14.4 Å². The molecule has 4 amide bonds. The Bertz CT molecular complexity index is 331. The molecule has 0 atom stereocenters. The van der Waals surface area contributed by atoms with Crippen molar-refractivity contribution in [1.29, 1.82) is 0 Å². The fraction of sp³-hybridized carbons (Fsp3) is 0.583. The van der Waals surface area contributed by atoms with Crippen molar-refractivity contribution in [3.8, 4) is 0 Å². The lowest BCUT2D eigenvalue weighted by Crippen LogP contribution is -2.40. The van der Waals surface area contributed by atoms with Crippen LogP contribution in [0.3, 0.4) is 0 Å². The molecule has 0 spiro atoms. The van der Waals surface area contributed by atoms with E-state index in [1.54, 1.807) is 4.90 Å². The smallest absolute Gasteiger partial charge is 0.314 e. The van der Waals surface area contributed by atoms with Gasteiger partial charge < -0.3 is 20.9 Å². The first-order chi connectivity index (χ1) is 9.04. The van der Waals surface area contributed by atoms with E-state index in [1.165, 1.54) is 13.1 Å². The van der Waals surface area contributed by atoms with Crippen LogP contribution in [-0.4, -0.2) is 56.0 Å². The maximum Gasteiger partial charge on any atom is 0.314 e. The Morgan fingerprint density at radius 3 is 2.42 bits per heavy atom. The largest absolute Gasteiger partial charge is 0.351 e. The molecule has 0 unspecified atom stereocenters. The van der Waals surface area contributed by atoms with E-state index in [0.29, 0.717) is 19.6 Å². The van der Waals surface area contributed by atoms with E-state index in [4.69, 9.17) is 0 Å². The van der Waals surface area contributed by atoms with Gasteiger partial charge in [-0.2, -0.15) is 0 Å². The molecular weight excluding hydrogens is 248 g/mol. The number of amides is 4. The molecule has 3 N–H and O–H groups in total. The quantitative estimate of drug-likeness (QED) is 0.517. The molecule has 0 aromatic rings. The molecular formula is C12H22N4O3. The number of nitrogens with one attached hydrogen (secondary N) is 3. The Balaban J connectivity index is 3.93. The normalized spacial score (nSPS) is 9.37. The molecule has 0 aliphatic carbocycles. The van der Waals surface area contributed by atoms with Gasteiger partial charge in [-0.15, -0.1) is 0 Å². The molecule has 0 saturated heterocycles. The van der Waals surface area contributed by atoms with Crippen molar-refractivity contribution in [3.05, 3.63) is 12.7 Å². The number of urea groups is 1. The van der Waals surface area contributed by atoms with E-state index in [9.17, 15) is 14.4 Å². The molecule has 0 radical (unpaired) electrons. The molecule has 7 heteroatoms. The van der Waals surface area contributed by atoms with Crippen LogP contribution in [0.25, 0.3) is 0 Å². The van der Waals surface area contributed by atoms with E-state index in [0.717, 1.165) is 0 Å². The van der Waals surface area contributed by atoms with Gasteiger partial charge in [-0.3, -0.25) is 9.59 Å². The Labute approximate surface area is 113 Å². The van der Waals surface area contributed by atoms with Crippen LogP contribution in [0, 0.1) is 0 Å². The fourth-order valence-electron chi connectivity index (χ4n) is 1.37. The Kier molecular flexibility index (Phi) is 8.86. The van der Waals surface area contributed by atoms with Crippen LogP contribution >= 0.6 is 0 Å². The van der Waals surface area contributed by atoms with Crippen LogP contribution in [0.15, 0.2) is 12.7 Å². The van der Waals surface area contributed by atoms with Gasteiger partial charge >= 0.3 is 6.03 Å². The first-order valence-electron chi connectivity index (χ1n) is 6.18. The monoisotopic (exact) mass is 270 g/mol. The van der Waals surface area contributed by atoms with Gasteiger partial charge in [0.1, 0.15) is 0 Å². The molecule has 0 rings (SSSR count). The van der Waals surface area contributed by atoms with Crippen LogP contribution in [0.2, 0.25) is 0 Å². The molecule has 0 aromatic heterocycles. The summed E-state index contributed by atoms with van der Waals surface area (Å²) in [5.41, 5.74) is 0. The summed E-state index contributed by atoms with van der Waals surface area (Å²) in [6, 6.07) is -0.311. The third-order valence-corrected chi connectivity index (χ3v) is 2.45. The zero-order chi connectivity index (χ0) is 14.7. The van der Waals surface area contributed by atoms with Gasteiger partial charge in [0.15, 0.2) is 0 Å². The minimum atomic E-state index is -0.311. The van der Waals surface area contributed by atoms with Crippen LogP contribution < -0.4 is 16.0 Å². The van der Waals surface area contributed by atoms with Gasteiger partial charge in [0.2, 0.25) is 11.8 Å². The molecule has 0 saturated carbocycles. The van der Waals surface area contributed by atoms with Crippen molar-refractivity contribution in [2.75, 3.05) is 33.2 Å². The van der Waals surface area contributed by atoms with Crippen molar-refractivity contribution >= 4 is 17.8 Å². The van der Waals surface area contributed by atoms with Gasteiger partial charge in [-0.1, -0.05) is 6.58 Å². The van der Waals surface area contributed by atoms with Gasteiger partial charge in [-0.25, -0.2) is 4.79 Å². The third kappa shape index (κ3) is 7.80. The van der Waals surface area contributed by atoms with Crippen molar-refractivity contribution in [2.24, 2.45) is 0 Å². The van der Waals surface area contributed by atoms with Gasteiger partial charge in [-0.05, 0) is 13.0 Å². The summed E-state index contributed by atoms with van der Waals surface area (Å²) in [5.74, 6) is -0.323. The zero-order valence-electron chi connectivity index (χ0n) is 11.5. The van der Waals surface area contributed by atoms with Gasteiger partial charge in [0.05, 0.1) is 0 Å². The van der Waals surface area contributed by atoms with E-state index in [-0.39, 0.29) is 30.8 Å². The average Bonchev–Trinajstić information content (AvgIpc) is 2.42. The highest BCUT2D eigenvalue weighted by molar-refractivity contribution is 5.86. The second-order valence-corrected chi connectivity index (χ2v) is 3.72. The third-order valence-electron chi connectivity index (χ3n) is 2.45. The maximum absolute atomic E-state index is 11.8. The first kappa shape index (κ1) is 16.9. The summed E-state index contributed by atoms with van der Waals surface area (Å²) < 4.78 is 0. The molecule has 0 aromatic carbocycles. The van der Waals surface area contributed by atoms with Crippen molar-refractivity contribution in [1.82, 2.24) is 20.9 Å². The highest BCUT2D eigenvalue weighted by atomic mass is 16.2. The predicted octanol–water partition coefficient (Wildman–Crippen LogP) is -0.544. The number of hydrogen-bond acceptors (Lipinski definition) is 3. The minimum absolute atomic E-state index is 0.0632. The molecule has 0 aliphatic heterocycles. The van der Waals surface area contributed by atoms with E-state index < -0.39 is 0 Å². The Morgan fingerprint density at radius 2 is 1.89 bits per heavy atom. The van der Waals surface area contributed by atoms with Crippen LogP contribution in [0.1, 0.15) is 13.3 Å². The summed E-state index contributed by atoms with van der Waals surface area (Å²) in [6.07, 6.45) is 1.42. The lowest BCUT2D eigenvalue weighted by molar-refractivity contribution is -0.131. The number of rotatable bonds is 8. The second-order valence-electron chi connectivity index (χ2n) is 3.72. The zero-order valence-corrected chi connectivity index (χ0v) is 11.5. The standard InChI is InChI=1S/C12H22N4O3/c1-4-10(17)14-8-9-16(5-2)11(18)6-7-15-12(19)13-3/h4H,1,5-9H2,2-3H3,(H,14,17)(H2,13,15,19). The lowest BCUT2D eigenvalue weighted by atomic mass is 10.3. The highest BCUT2D eigenvalue weighted by Crippen LogP contribution is 1.93. The van der Waals surface area contributed by atoms with Crippen LogP contribution in [-0.2, 0) is 9.59 Å². The summed E-state index contributed by atoms with van der Waals surface area (Å²) in [5, 5.41) is 7.55. The average molecular weight is 270 g/mol. The van der Waals surface area contributed by atoms with Crippen LogP contribution in [0.5, 0.6) is 0 Å². The second kappa shape index (κ2) is 9.93. The van der Waals surface area contributed by atoms with Gasteiger partial charge in [0, 0.05) is 39.6 Å². The molecule has 108 valence electrons. The summed E-state index contributed by atoms with van der Waals surface area (Å²) in [6.45, 7) is 6.87. The van der Waals surface area contributed by atoms with Crippen molar-refractivity contribution in [2.45, 2.75) is 13.3 Å². The molecule has 0 fully saturated rings. The minimum Gasteiger partial charge on any atom is -0.351 e. The topological polar surface area (TPSA) is 90.5 Å². The van der Waals surface area contributed by atoms with E-state index in [1.807, 2.05) is 6.92 Å². The number of hydrogen-bond donors (Lipinski definition) is 3. The Morgan fingerprint density at radius 1 is 1.21 bits per heavy atom. The summed E-state index contributed by atoms with van der Waals surface area (Å²) >= 11 is 0. The first-order valence-corrected chi connectivity index (χ1v) is 6.18. The van der Waals surface area contributed by atoms with Crippen molar-refractivity contribution in [3.63, 3.8) is 0 Å². The molecule has 19 heavy (non-hydrogen) atoms. The molecule has 0 bridgehead atoms. The lowest BCUT2D eigenvalue weighted by Gasteiger charge is -2.21. The van der Waals surface area contributed by atoms with E-state index in [2.05, 4.69) is 22.5 Å². The number of likely N-dealkylation sites (N-methyl/N-ethyl adjacent to an activating group) is 1. The highest BCUT2D eigenvalue weighted by Gasteiger charge is 2.11. The number of nitrogens with zero attached hydrogens (tertiary/aromatic N) is 1. The predicted molar refractivity (Wildman–Crippen MR) is 72.5 cm³/mol. The SMILES string of the molecule is C=CC(=O)NCCN(CC)C(=O)CCNC(=O)NC. The van der Waals surface area contributed by atoms with Crippen LogP contribution in [0.4, 0.5) is 4.79 Å². The summed E-state index contributed by atoms with van der Waals surface area (Å²) in [7, 11) is 1.51. The number of carbonyl (C=O) groups excluding carboxylic acids is 3. The van der Waals surface area contributed by atoms with E-state index >= 15 is 0 Å². The maximum atomic E-state index is 11.8. The number of carbonyl (C=O) groups is 3. The Hall–Kier alpha value is -2.05. The van der Waals surface area contributed by atoms with Gasteiger partial charge in [0.25, 0.3) is 0 Å². The molecule has 7 nitrogen and oxygen atoms in total. The summed E-state index contributed by atoms with van der Waals surface area (Å²) in [4.78, 5) is 35.3.